The Morgan fingerprint density at radius 2 is 1.86 bits per heavy atom. The lowest BCUT2D eigenvalue weighted by molar-refractivity contribution is 0.0793. The third kappa shape index (κ3) is 5.49. The van der Waals surface area contributed by atoms with E-state index >= 15 is 0 Å². The number of likely N-dealkylation sites (tertiary alicyclic amines) is 1. The predicted molar refractivity (Wildman–Crippen MR) is 139 cm³/mol. The van der Waals surface area contributed by atoms with Crippen LogP contribution in [0.1, 0.15) is 23.2 Å². The summed E-state index contributed by atoms with van der Waals surface area (Å²) < 4.78 is 5.52. The normalized spacial score (nSPS) is 15.8. The number of hydrogen-bond acceptors (Lipinski definition) is 7. The fourth-order valence-electron chi connectivity index (χ4n) is 4.46. The number of ether oxygens (including phenoxy) is 1. The van der Waals surface area contributed by atoms with E-state index in [1.54, 1.807) is 6.20 Å². The minimum absolute atomic E-state index is 0.0658. The largest absolute Gasteiger partial charge is 0.378 e. The summed E-state index contributed by atoms with van der Waals surface area (Å²) in [6, 6.07) is 15.4. The number of morpholine rings is 1. The number of anilines is 5. The Morgan fingerprint density at radius 1 is 1.06 bits per heavy atom. The van der Waals surface area contributed by atoms with Gasteiger partial charge in [0.25, 0.3) is 5.91 Å². The van der Waals surface area contributed by atoms with Crippen LogP contribution in [0.25, 0.3) is 0 Å². The molecule has 0 radical (unpaired) electrons. The first kappa shape index (κ1) is 23.4. The highest BCUT2D eigenvalue weighted by Crippen LogP contribution is 2.28. The van der Waals surface area contributed by atoms with Crippen LogP contribution in [0.15, 0.2) is 54.7 Å². The van der Waals surface area contributed by atoms with Crippen LogP contribution in [0.4, 0.5) is 28.8 Å². The number of carbonyl (C=O) groups excluding carboxylic acids is 1. The summed E-state index contributed by atoms with van der Waals surface area (Å²) in [5.74, 6) is 1.24. The molecule has 2 aromatic carbocycles. The smallest absolute Gasteiger partial charge is 0.254 e. The number of nitrogens with one attached hydrogen (secondary N) is 1. The highest BCUT2D eigenvalue weighted by Gasteiger charge is 2.22. The summed E-state index contributed by atoms with van der Waals surface area (Å²) in [4.78, 5) is 28.5. The van der Waals surface area contributed by atoms with Crippen LogP contribution in [0.2, 0.25) is 5.02 Å². The average molecular weight is 493 g/mol. The quantitative estimate of drug-likeness (QED) is 0.534. The Kier molecular flexibility index (Phi) is 7.01. The third-order valence-corrected chi connectivity index (χ3v) is 6.61. The van der Waals surface area contributed by atoms with E-state index in [0.29, 0.717) is 29.7 Å². The van der Waals surface area contributed by atoms with Gasteiger partial charge in [-0.05, 0) is 55.3 Å². The second-order valence-electron chi connectivity index (χ2n) is 8.77. The summed E-state index contributed by atoms with van der Waals surface area (Å²) in [5.41, 5.74) is 3.37. The molecule has 3 aromatic rings. The Balaban J connectivity index is 1.43. The lowest BCUT2D eigenvalue weighted by Crippen LogP contribution is -2.36. The highest BCUT2D eigenvalue weighted by molar-refractivity contribution is 6.30. The van der Waals surface area contributed by atoms with Crippen LogP contribution in [0.5, 0.6) is 0 Å². The summed E-state index contributed by atoms with van der Waals surface area (Å²) in [5, 5.41) is 3.99. The molecule has 182 valence electrons. The van der Waals surface area contributed by atoms with E-state index in [1.165, 1.54) is 0 Å². The standard InChI is InChI=1S/C26H29ClN6O2/c1-31(22-6-4-5-20(27)17-22)24-7-8-28-26(30-24)29-21-15-19(25(34)33-9-2-3-10-33)16-23(18-21)32-11-13-35-14-12-32/h4-8,15-18H,2-3,9-14H2,1H3,(H,28,29,30). The van der Waals surface area contributed by atoms with E-state index in [1.807, 2.05) is 65.4 Å². The number of nitrogens with zero attached hydrogens (tertiary/aromatic N) is 5. The molecule has 0 saturated carbocycles. The van der Waals surface area contributed by atoms with Crippen molar-refractivity contribution in [2.24, 2.45) is 0 Å². The van der Waals surface area contributed by atoms with Crippen LogP contribution in [0, 0.1) is 0 Å². The van der Waals surface area contributed by atoms with E-state index in [4.69, 9.17) is 21.3 Å². The van der Waals surface area contributed by atoms with Crippen molar-refractivity contribution in [3.63, 3.8) is 0 Å². The molecule has 0 spiro atoms. The fraction of sp³-hybridized carbons (Fsp3) is 0.346. The molecular weight excluding hydrogens is 464 g/mol. The summed E-state index contributed by atoms with van der Waals surface area (Å²) in [6.07, 6.45) is 3.83. The summed E-state index contributed by atoms with van der Waals surface area (Å²) in [6.45, 7) is 4.55. The molecule has 1 N–H and O–H groups in total. The van der Waals surface area contributed by atoms with E-state index in [2.05, 4.69) is 15.2 Å². The van der Waals surface area contributed by atoms with E-state index in [0.717, 1.165) is 61.9 Å². The second-order valence-corrected chi connectivity index (χ2v) is 9.21. The lowest BCUT2D eigenvalue weighted by Gasteiger charge is -2.30. The van der Waals surface area contributed by atoms with Gasteiger partial charge in [-0.1, -0.05) is 17.7 Å². The zero-order valence-electron chi connectivity index (χ0n) is 19.8. The molecule has 0 unspecified atom stereocenters. The van der Waals surface area contributed by atoms with Gasteiger partial charge >= 0.3 is 0 Å². The van der Waals surface area contributed by atoms with Crippen molar-refractivity contribution in [2.75, 3.05) is 61.6 Å². The number of hydrogen-bond donors (Lipinski definition) is 1. The van der Waals surface area contributed by atoms with Crippen LogP contribution < -0.4 is 15.1 Å². The Bertz CT molecular complexity index is 1190. The molecule has 0 aliphatic carbocycles. The first-order chi connectivity index (χ1) is 17.1. The molecule has 1 amide bonds. The van der Waals surface area contributed by atoms with Gasteiger partial charge in [-0.2, -0.15) is 4.98 Å². The first-order valence-electron chi connectivity index (χ1n) is 11.9. The van der Waals surface area contributed by atoms with Crippen molar-refractivity contribution >= 4 is 46.3 Å². The maximum Gasteiger partial charge on any atom is 0.254 e. The molecule has 8 nitrogen and oxygen atoms in total. The fourth-order valence-corrected chi connectivity index (χ4v) is 4.64. The van der Waals surface area contributed by atoms with Gasteiger partial charge in [0.1, 0.15) is 5.82 Å². The van der Waals surface area contributed by atoms with Crippen LogP contribution >= 0.6 is 11.6 Å². The van der Waals surface area contributed by atoms with Gasteiger partial charge in [0.2, 0.25) is 5.95 Å². The zero-order valence-corrected chi connectivity index (χ0v) is 20.5. The number of aromatic nitrogens is 2. The number of benzene rings is 2. The van der Waals surface area contributed by atoms with Crippen molar-refractivity contribution in [3.05, 3.63) is 65.3 Å². The SMILES string of the molecule is CN(c1cccc(Cl)c1)c1ccnc(Nc2cc(C(=O)N3CCCC3)cc(N3CCOCC3)c2)n1. The Hall–Kier alpha value is -3.36. The van der Waals surface area contributed by atoms with Crippen molar-refractivity contribution in [1.82, 2.24) is 14.9 Å². The van der Waals surface area contributed by atoms with Gasteiger partial charge in [0, 0.05) is 67.1 Å². The second kappa shape index (κ2) is 10.5. The maximum absolute atomic E-state index is 13.2. The number of carbonyl (C=O) groups is 1. The van der Waals surface area contributed by atoms with E-state index in [9.17, 15) is 4.79 Å². The molecule has 9 heteroatoms. The Morgan fingerprint density at radius 3 is 2.63 bits per heavy atom. The lowest BCUT2D eigenvalue weighted by atomic mass is 10.1. The number of halogens is 1. The molecule has 2 aliphatic heterocycles. The van der Waals surface area contributed by atoms with E-state index < -0.39 is 0 Å². The van der Waals surface area contributed by atoms with Gasteiger partial charge in [0.05, 0.1) is 13.2 Å². The van der Waals surface area contributed by atoms with Crippen LogP contribution in [-0.2, 0) is 4.74 Å². The van der Waals surface area contributed by atoms with Crippen molar-refractivity contribution < 1.29 is 9.53 Å². The van der Waals surface area contributed by atoms with Gasteiger partial charge in [-0.3, -0.25) is 4.79 Å². The van der Waals surface area contributed by atoms with E-state index in [-0.39, 0.29) is 5.91 Å². The maximum atomic E-state index is 13.2. The molecule has 2 aliphatic rings. The highest BCUT2D eigenvalue weighted by atomic mass is 35.5. The van der Waals surface area contributed by atoms with Crippen molar-refractivity contribution in [1.29, 1.82) is 0 Å². The minimum atomic E-state index is 0.0658. The van der Waals surface area contributed by atoms with Crippen molar-refractivity contribution in [3.8, 4) is 0 Å². The number of amides is 1. The van der Waals surface area contributed by atoms with Gasteiger partial charge in [0.15, 0.2) is 0 Å². The molecule has 1 aromatic heterocycles. The molecule has 3 heterocycles. The molecule has 0 bridgehead atoms. The number of rotatable bonds is 6. The van der Waals surface area contributed by atoms with Crippen LogP contribution in [0.3, 0.4) is 0 Å². The topological polar surface area (TPSA) is 73.8 Å². The molecule has 2 saturated heterocycles. The monoisotopic (exact) mass is 492 g/mol. The predicted octanol–water partition coefficient (Wildman–Crippen LogP) is 4.71. The van der Waals surface area contributed by atoms with Gasteiger partial charge < -0.3 is 24.8 Å². The third-order valence-electron chi connectivity index (χ3n) is 6.37. The van der Waals surface area contributed by atoms with Gasteiger partial charge in [-0.15, -0.1) is 0 Å². The molecule has 5 rings (SSSR count). The molecular formula is C26H29ClN6O2. The summed E-state index contributed by atoms with van der Waals surface area (Å²) >= 11 is 6.17. The molecule has 2 fully saturated rings. The zero-order chi connectivity index (χ0) is 24.2. The summed E-state index contributed by atoms with van der Waals surface area (Å²) in [7, 11) is 1.93. The van der Waals surface area contributed by atoms with Crippen LogP contribution in [-0.4, -0.2) is 67.2 Å². The molecule has 0 atom stereocenters. The average Bonchev–Trinajstić information content (AvgIpc) is 3.43. The molecule has 35 heavy (non-hydrogen) atoms. The Labute approximate surface area is 210 Å². The minimum Gasteiger partial charge on any atom is -0.378 e. The van der Waals surface area contributed by atoms with Crippen molar-refractivity contribution in [2.45, 2.75) is 12.8 Å². The van der Waals surface area contributed by atoms with Gasteiger partial charge in [-0.25, -0.2) is 4.98 Å². The first-order valence-corrected chi connectivity index (χ1v) is 12.3.